The van der Waals surface area contributed by atoms with Crippen molar-refractivity contribution >= 4 is 17.9 Å². The largest absolute Gasteiger partial charge is 0.445 e. The summed E-state index contributed by atoms with van der Waals surface area (Å²) >= 11 is 0. The molecule has 176 valence electrons. The van der Waals surface area contributed by atoms with Crippen LogP contribution in [0, 0.1) is 0 Å². The first kappa shape index (κ1) is 24.1. The second kappa shape index (κ2) is 10.4. The number of rotatable bonds is 7. The van der Waals surface area contributed by atoms with Gasteiger partial charge in [-0.1, -0.05) is 42.5 Å². The zero-order valence-electron chi connectivity index (χ0n) is 17.7. The van der Waals surface area contributed by atoms with E-state index in [9.17, 15) is 27.6 Å². The number of halogens is 3. The molecule has 1 aliphatic rings. The Morgan fingerprint density at radius 2 is 1.73 bits per heavy atom. The smallest absolute Gasteiger partial charge is 0.416 e. The molecule has 3 amide bonds. The van der Waals surface area contributed by atoms with E-state index in [-0.39, 0.29) is 13.0 Å². The Morgan fingerprint density at radius 1 is 1.06 bits per heavy atom. The molecule has 2 atom stereocenters. The predicted molar refractivity (Wildman–Crippen MR) is 113 cm³/mol. The summed E-state index contributed by atoms with van der Waals surface area (Å²) in [6.45, 7) is 0.383. The number of hydrogen-bond acceptors (Lipinski definition) is 4. The van der Waals surface area contributed by atoms with Crippen LogP contribution in [0.4, 0.5) is 18.0 Å². The molecule has 1 fully saturated rings. The lowest BCUT2D eigenvalue weighted by atomic mass is 10.0. The molecule has 2 aromatic rings. The molecule has 0 saturated carbocycles. The van der Waals surface area contributed by atoms with Crippen LogP contribution in [-0.2, 0) is 33.5 Å². The Bertz CT molecular complexity index is 981. The van der Waals surface area contributed by atoms with Crippen molar-refractivity contribution in [3.05, 3.63) is 71.3 Å². The number of amides is 3. The van der Waals surface area contributed by atoms with Crippen LogP contribution in [0.5, 0.6) is 0 Å². The first-order valence-corrected chi connectivity index (χ1v) is 10.4. The highest BCUT2D eigenvalue weighted by Crippen LogP contribution is 2.29. The van der Waals surface area contributed by atoms with Crippen LogP contribution in [0.2, 0.25) is 0 Å². The van der Waals surface area contributed by atoms with Gasteiger partial charge in [0.1, 0.15) is 18.7 Å². The lowest BCUT2D eigenvalue weighted by Gasteiger charge is -2.25. The standard InChI is InChI=1S/C23H24F3N3O4/c24-23(25,26)17-10-8-15(9-11-17)13-18(20(27)30)28-21(31)19-7-4-12-29(19)22(32)33-14-16-5-2-1-3-6-16/h1-3,5-6,8-11,18-19H,4,7,12-14H2,(H2,27,30)(H,28,31)/t18-,19-/m1/s1. The summed E-state index contributed by atoms with van der Waals surface area (Å²) in [4.78, 5) is 38.5. The first-order chi connectivity index (χ1) is 15.6. The van der Waals surface area contributed by atoms with Crippen molar-refractivity contribution in [3.8, 4) is 0 Å². The second-order valence-electron chi connectivity index (χ2n) is 7.75. The van der Waals surface area contributed by atoms with E-state index < -0.39 is 41.7 Å². The van der Waals surface area contributed by atoms with Crippen molar-refractivity contribution in [2.24, 2.45) is 5.73 Å². The third-order valence-electron chi connectivity index (χ3n) is 5.38. The number of carbonyl (C=O) groups is 3. The molecule has 0 aliphatic carbocycles. The number of likely N-dealkylation sites (tertiary alicyclic amines) is 1. The van der Waals surface area contributed by atoms with Crippen LogP contribution >= 0.6 is 0 Å². The Balaban J connectivity index is 1.60. The van der Waals surface area contributed by atoms with Gasteiger partial charge in [0.15, 0.2) is 0 Å². The van der Waals surface area contributed by atoms with Crippen LogP contribution in [-0.4, -0.2) is 41.4 Å². The average Bonchev–Trinajstić information content (AvgIpc) is 3.27. The number of benzene rings is 2. The third kappa shape index (κ3) is 6.47. The fourth-order valence-corrected chi connectivity index (χ4v) is 3.62. The number of nitrogens with two attached hydrogens (primary N) is 1. The van der Waals surface area contributed by atoms with Gasteiger partial charge in [-0.2, -0.15) is 13.2 Å². The highest BCUT2D eigenvalue weighted by Gasteiger charge is 2.36. The van der Waals surface area contributed by atoms with Crippen LogP contribution in [0.3, 0.4) is 0 Å². The predicted octanol–water partition coefficient (Wildman–Crippen LogP) is 3.02. The van der Waals surface area contributed by atoms with E-state index in [1.165, 1.54) is 17.0 Å². The third-order valence-corrected chi connectivity index (χ3v) is 5.38. The Morgan fingerprint density at radius 3 is 2.33 bits per heavy atom. The lowest BCUT2D eigenvalue weighted by Crippen LogP contribution is -2.53. The van der Waals surface area contributed by atoms with Crippen molar-refractivity contribution in [1.29, 1.82) is 0 Å². The minimum absolute atomic E-state index is 0.0579. The van der Waals surface area contributed by atoms with E-state index in [1.807, 2.05) is 18.2 Å². The number of nitrogens with one attached hydrogen (secondary N) is 1. The van der Waals surface area contributed by atoms with Gasteiger partial charge in [0.05, 0.1) is 5.56 Å². The van der Waals surface area contributed by atoms with Crippen molar-refractivity contribution < 1.29 is 32.3 Å². The maximum absolute atomic E-state index is 12.8. The molecule has 0 spiro atoms. The van der Waals surface area contributed by atoms with Crippen molar-refractivity contribution in [3.63, 3.8) is 0 Å². The van der Waals surface area contributed by atoms with Crippen LogP contribution in [0.15, 0.2) is 54.6 Å². The number of nitrogens with zero attached hydrogens (tertiary/aromatic N) is 1. The minimum Gasteiger partial charge on any atom is -0.445 e. The first-order valence-electron chi connectivity index (χ1n) is 10.4. The van der Waals surface area contributed by atoms with Gasteiger partial charge in [0.2, 0.25) is 11.8 Å². The Kier molecular flexibility index (Phi) is 7.57. The normalized spacial score (nSPS) is 16.8. The summed E-state index contributed by atoms with van der Waals surface area (Å²) in [5, 5.41) is 2.53. The number of hydrogen-bond donors (Lipinski definition) is 2. The number of alkyl halides is 3. The molecule has 3 N–H and O–H groups in total. The SMILES string of the molecule is NC(=O)[C@@H](Cc1ccc(C(F)(F)F)cc1)NC(=O)[C@H]1CCCN1C(=O)OCc1ccccc1. The molecule has 7 nitrogen and oxygen atoms in total. The molecular formula is C23H24F3N3O4. The monoisotopic (exact) mass is 463 g/mol. The summed E-state index contributed by atoms with van der Waals surface area (Å²) in [5.41, 5.74) is 5.78. The zero-order chi connectivity index (χ0) is 24.0. The van der Waals surface area contributed by atoms with Crippen LogP contribution < -0.4 is 11.1 Å². The quantitative estimate of drug-likeness (QED) is 0.659. The molecule has 10 heteroatoms. The maximum Gasteiger partial charge on any atom is 0.416 e. The van der Waals surface area contributed by atoms with Gasteiger partial charge in [-0.15, -0.1) is 0 Å². The van der Waals surface area contributed by atoms with Crippen molar-refractivity contribution in [2.45, 2.75) is 44.1 Å². The maximum atomic E-state index is 12.8. The number of carbonyl (C=O) groups excluding carboxylic acids is 3. The molecule has 0 aromatic heterocycles. The van der Waals surface area contributed by atoms with Gasteiger partial charge in [-0.05, 0) is 36.1 Å². The zero-order valence-corrected chi connectivity index (χ0v) is 17.7. The fourth-order valence-electron chi connectivity index (χ4n) is 3.62. The second-order valence-corrected chi connectivity index (χ2v) is 7.75. The van der Waals surface area contributed by atoms with Crippen LogP contribution in [0.25, 0.3) is 0 Å². The van der Waals surface area contributed by atoms with Gasteiger partial charge >= 0.3 is 12.3 Å². The van der Waals surface area contributed by atoms with Gasteiger partial charge in [0.25, 0.3) is 0 Å². The van der Waals surface area contributed by atoms with E-state index in [0.29, 0.717) is 24.9 Å². The Labute approximate surface area is 188 Å². The average molecular weight is 463 g/mol. The van der Waals surface area contributed by atoms with E-state index in [0.717, 1.165) is 17.7 Å². The van der Waals surface area contributed by atoms with Gasteiger partial charge in [-0.3, -0.25) is 14.5 Å². The van der Waals surface area contributed by atoms with Gasteiger partial charge in [-0.25, -0.2) is 4.79 Å². The van der Waals surface area contributed by atoms with E-state index >= 15 is 0 Å². The van der Waals surface area contributed by atoms with E-state index in [4.69, 9.17) is 10.5 Å². The number of primary amides is 1. The van der Waals surface area contributed by atoms with Crippen molar-refractivity contribution in [1.82, 2.24) is 10.2 Å². The molecule has 1 heterocycles. The summed E-state index contributed by atoms with van der Waals surface area (Å²) in [7, 11) is 0. The van der Waals surface area contributed by atoms with Crippen molar-refractivity contribution in [2.75, 3.05) is 6.54 Å². The molecule has 1 aliphatic heterocycles. The molecule has 0 unspecified atom stereocenters. The summed E-state index contributed by atoms with van der Waals surface area (Å²) < 4.78 is 43.5. The molecule has 33 heavy (non-hydrogen) atoms. The molecular weight excluding hydrogens is 439 g/mol. The van der Waals surface area contributed by atoms with E-state index in [2.05, 4.69) is 5.32 Å². The minimum atomic E-state index is -4.48. The number of ether oxygens (including phenoxy) is 1. The molecule has 0 bridgehead atoms. The lowest BCUT2D eigenvalue weighted by molar-refractivity contribution is -0.137. The highest BCUT2D eigenvalue weighted by atomic mass is 19.4. The fraction of sp³-hybridized carbons (Fsp3) is 0.348. The van der Waals surface area contributed by atoms with Crippen LogP contribution in [0.1, 0.15) is 29.5 Å². The molecule has 1 saturated heterocycles. The highest BCUT2D eigenvalue weighted by molar-refractivity contribution is 5.91. The van der Waals surface area contributed by atoms with Gasteiger partial charge in [0, 0.05) is 13.0 Å². The molecule has 2 aromatic carbocycles. The summed E-state index contributed by atoms with van der Waals surface area (Å²) in [5.74, 6) is -1.40. The van der Waals surface area contributed by atoms with E-state index in [1.54, 1.807) is 12.1 Å². The molecule has 0 radical (unpaired) electrons. The summed E-state index contributed by atoms with van der Waals surface area (Å²) in [6.07, 6.45) is -4.23. The summed E-state index contributed by atoms with van der Waals surface area (Å²) in [6, 6.07) is 11.4. The Hall–Kier alpha value is -3.56. The molecule has 3 rings (SSSR count). The topological polar surface area (TPSA) is 102 Å². The van der Waals surface area contributed by atoms with Gasteiger partial charge < -0.3 is 15.8 Å².